The third-order valence-electron chi connectivity index (χ3n) is 2.46. The number of hydrogen-bond acceptors (Lipinski definition) is 3. The second-order valence-electron chi connectivity index (χ2n) is 3.86. The third kappa shape index (κ3) is 3.20. The molecule has 1 fully saturated rings. The average molecular weight is 325 g/mol. The Morgan fingerprint density at radius 1 is 1.69 bits per heavy atom. The molecule has 0 radical (unpaired) electrons. The summed E-state index contributed by atoms with van der Waals surface area (Å²) in [7, 11) is 0. The van der Waals surface area contributed by atoms with E-state index in [1.165, 1.54) is 11.3 Å². The first-order chi connectivity index (χ1) is 7.56. The number of nitrogens with zero attached hydrogens (tertiary/aromatic N) is 1. The van der Waals surface area contributed by atoms with Crippen LogP contribution in [0.4, 0.5) is 0 Å². The van der Waals surface area contributed by atoms with Crippen molar-refractivity contribution >= 4 is 44.8 Å². The van der Waals surface area contributed by atoms with E-state index in [-0.39, 0.29) is 6.54 Å². The molecule has 2 rings (SSSR count). The van der Waals surface area contributed by atoms with Crippen LogP contribution >= 0.6 is 38.9 Å². The minimum atomic E-state index is -0.770. The number of carboxylic acid groups (broad SMARTS) is 1. The Hall–Kier alpha value is -0.100. The number of thiophene rings is 1. The maximum absolute atomic E-state index is 10.7. The molecule has 88 valence electrons. The molecule has 1 N–H and O–H groups in total. The van der Waals surface area contributed by atoms with E-state index < -0.39 is 5.97 Å². The van der Waals surface area contributed by atoms with Gasteiger partial charge in [-0.2, -0.15) is 0 Å². The molecule has 0 aliphatic heterocycles. The van der Waals surface area contributed by atoms with Crippen molar-refractivity contribution in [2.24, 2.45) is 0 Å². The van der Waals surface area contributed by atoms with Gasteiger partial charge in [-0.15, -0.1) is 11.3 Å². The van der Waals surface area contributed by atoms with E-state index in [2.05, 4.69) is 15.9 Å². The number of rotatable bonds is 5. The average Bonchev–Trinajstić information content (AvgIpc) is 2.94. The lowest BCUT2D eigenvalue weighted by molar-refractivity contribution is -0.138. The quantitative estimate of drug-likeness (QED) is 0.904. The summed E-state index contributed by atoms with van der Waals surface area (Å²) in [5.41, 5.74) is 0. The molecule has 0 aromatic carbocycles. The van der Waals surface area contributed by atoms with Crippen LogP contribution in [0.15, 0.2) is 10.5 Å². The zero-order valence-electron chi connectivity index (χ0n) is 8.45. The molecule has 0 unspecified atom stereocenters. The lowest BCUT2D eigenvalue weighted by Crippen LogP contribution is -2.30. The van der Waals surface area contributed by atoms with Crippen LogP contribution in [-0.2, 0) is 11.3 Å². The first-order valence-electron chi connectivity index (χ1n) is 4.96. The Bertz CT molecular complexity index is 386. The van der Waals surface area contributed by atoms with Crippen molar-refractivity contribution in [1.29, 1.82) is 0 Å². The van der Waals surface area contributed by atoms with E-state index in [9.17, 15) is 4.79 Å². The Kier molecular flexibility index (Phi) is 3.89. The highest BCUT2D eigenvalue weighted by Gasteiger charge is 2.30. The standard InChI is InChI=1S/C10H11BrClNO2S/c11-8-3-7(16-10(8)12)4-13(5-9(14)15)6-1-2-6/h3,6H,1-2,4-5H2,(H,14,15). The van der Waals surface area contributed by atoms with Gasteiger partial charge in [0.1, 0.15) is 4.34 Å². The molecule has 1 saturated carbocycles. The molecule has 16 heavy (non-hydrogen) atoms. The fraction of sp³-hybridized carbons (Fsp3) is 0.500. The van der Waals surface area contributed by atoms with Crippen LogP contribution < -0.4 is 0 Å². The van der Waals surface area contributed by atoms with Gasteiger partial charge in [0.2, 0.25) is 0 Å². The number of aliphatic carboxylic acids is 1. The van der Waals surface area contributed by atoms with Crippen molar-refractivity contribution < 1.29 is 9.90 Å². The van der Waals surface area contributed by atoms with Crippen LogP contribution in [-0.4, -0.2) is 28.6 Å². The smallest absolute Gasteiger partial charge is 0.317 e. The lowest BCUT2D eigenvalue weighted by Gasteiger charge is -2.18. The molecule has 0 saturated heterocycles. The predicted molar refractivity (Wildman–Crippen MR) is 68.1 cm³/mol. The summed E-state index contributed by atoms with van der Waals surface area (Å²) >= 11 is 10.8. The SMILES string of the molecule is O=C(O)CN(Cc1cc(Br)c(Cl)s1)C1CC1. The number of hydrogen-bond donors (Lipinski definition) is 1. The van der Waals surface area contributed by atoms with Gasteiger partial charge in [0.25, 0.3) is 0 Å². The van der Waals surface area contributed by atoms with Crippen molar-refractivity contribution in [3.8, 4) is 0 Å². The lowest BCUT2D eigenvalue weighted by atomic mass is 10.4. The predicted octanol–water partition coefficient (Wildman–Crippen LogP) is 3.21. The van der Waals surface area contributed by atoms with E-state index in [1.807, 2.05) is 11.0 Å². The summed E-state index contributed by atoms with van der Waals surface area (Å²) in [6.07, 6.45) is 2.21. The molecule has 3 nitrogen and oxygen atoms in total. The molecular weight excluding hydrogens is 314 g/mol. The van der Waals surface area contributed by atoms with Crippen LogP contribution in [0.1, 0.15) is 17.7 Å². The van der Waals surface area contributed by atoms with Gasteiger partial charge in [-0.25, -0.2) is 0 Å². The molecule has 1 aromatic rings. The first-order valence-corrected chi connectivity index (χ1v) is 6.94. The van der Waals surface area contributed by atoms with E-state index in [4.69, 9.17) is 16.7 Å². The van der Waals surface area contributed by atoms with Crippen molar-refractivity contribution in [3.05, 3.63) is 19.8 Å². The number of carboxylic acids is 1. The van der Waals surface area contributed by atoms with E-state index in [0.717, 1.165) is 26.5 Å². The molecule has 0 atom stereocenters. The van der Waals surface area contributed by atoms with Gasteiger partial charge in [-0.05, 0) is 34.8 Å². The number of carbonyl (C=O) groups is 1. The molecule has 0 amide bonds. The molecule has 1 heterocycles. The zero-order chi connectivity index (χ0) is 11.7. The molecule has 1 aliphatic rings. The summed E-state index contributed by atoms with van der Waals surface area (Å²) in [6, 6.07) is 2.40. The minimum absolute atomic E-state index is 0.109. The fourth-order valence-electron chi connectivity index (χ4n) is 1.60. The Morgan fingerprint density at radius 2 is 2.38 bits per heavy atom. The van der Waals surface area contributed by atoms with Gasteiger partial charge < -0.3 is 5.11 Å². The molecule has 6 heteroatoms. The van der Waals surface area contributed by atoms with Crippen molar-refractivity contribution in [3.63, 3.8) is 0 Å². The Morgan fingerprint density at radius 3 is 2.81 bits per heavy atom. The van der Waals surface area contributed by atoms with Gasteiger partial charge in [0, 0.05) is 21.9 Å². The van der Waals surface area contributed by atoms with Crippen LogP contribution in [0.25, 0.3) is 0 Å². The summed E-state index contributed by atoms with van der Waals surface area (Å²) in [6.45, 7) is 0.782. The summed E-state index contributed by atoms with van der Waals surface area (Å²) in [4.78, 5) is 13.8. The molecule has 1 aliphatic carbocycles. The van der Waals surface area contributed by atoms with Crippen molar-refractivity contribution in [2.75, 3.05) is 6.54 Å². The Balaban J connectivity index is 2.02. The first kappa shape index (κ1) is 12.4. The molecular formula is C10H11BrClNO2S. The van der Waals surface area contributed by atoms with Crippen molar-refractivity contribution in [2.45, 2.75) is 25.4 Å². The maximum atomic E-state index is 10.7. The van der Waals surface area contributed by atoms with E-state index in [0.29, 0.717) is 12.6 Å². The van der Waals surface area contributed by atoms with Gasteiger partial charge >= 0.3 is 5.97 Å². The second kappa shape index (κ2) is 5.04. The second-order valence-corrected chi connectivity index (χ2v) is 6.46. The maximum Gasteiger partial charge on any atom is 0.317 e. The summed E-state index contributed by atoms with van der Waals surface area (Å²) in [5.74, 6) is -0.770. The highest BCUT2D eigenvalue weighted by atomic mass is 79.9. The topological polar surface area (TPSA) is 40.5 Å². The Labute approximate surface area is 111 Å². The van der Waals surface area contributed by atoms with Gasteiger partial charge in [-0.3, -0.25) is 9.69 Å². The molecule has 0 spiro atoms. The summed E-state index contributed by atoms with van der Waals surface area (Å²) in [5, 5.41) is 8.82. The zero-order valence-corrected chi connectivity index (χ0v) is 11.6. The largest absolute Gasteiger partial charge is 0.480 e. The third-order valence-corrected chi connectivity index (χ3v) is 4.92. The van der Waals surface area contributed by atoms with Gasteiger partial charge in [-0.1, -0.05) is 11.6 Å². The normalized spacial score (nSPS) is 15.7. The van der Waals surface area contributed by atoms with E-state index >= 15 is 0 Å². The number of halogens is 2. The summed E-state index contributed by atoms with van der Waals surface area (Å²) < 4.78 is 1.61. The van der Waals surface area contributed by atoms with Gasteiger partial charge in [0.15, 0.2) is 0 Å². The highest BCUT2D eigenvalue weighted by Crippen LogP contribution is 2.35. The minimum Gasteiger partial charge on any atom is -0.480 e. The highest BCUT2D eigenvalue weighted by molar-refractivity contribution is 9.10. The van der Waals surface area contributed by atoms with Gasteiger partial charge in [0.05, 0.1) is 6.54 Å². The molecule has 1 aromatic heterocycles. The van der Waals surface area contributed by atoms with E-state index in [1.54, 1.807) is 0 Å². The van der Waals surface area contributed by atoms with Crippen molar-refractivity contribution in [1.82, 2.24) is 4.90 Å². The van der Waals surface area contributed by atoms with Crippen LogP contribution in [0.2, 0.25) is 4.34 Å². The monoisotopic (exact) mass is 323 g/mol. The van der Waals surface area contributed by atoms with Crippen LogP contribution in [0.3, 0.4) is 0 Å². The fourth-order valence-corrected chi connectivity index (χ4v) is 3.41. The van der Waals surface area contributed by atoms with Crippen LogP contribution in [0, 0.1) is 0 Å². The van der Waals surface area contributed by atoms with Crippen LogP contribution in [0.5, 0.6) is 0 Å². The molecule has 0 bridgehead atoms.